The lowest BCUT2D eigenvalue weighted by atomic mass is 9.90. The molecular formula is C14H18O5. The summed E-state index contributed by atoms with van der Waals surface area (Å²) < 4.78 is 10.5. The van der Waals surface area contributed by atoms with E-state index in [2.05, 4.69) is 0 Å². The molecule has 0 amide bonds. The van der Waals surface area contributed by atoms with E-state index in [9.17, 15) is 9.90 Å². The second-order valence-electron chi connectivity index (χ2n) is 4.81. The number of rotatable bonds is 6. The summed E-state index contributed by atoms with van der Waals surface area (Å²) in [6.45, 7) is 0. The highest BCUT2D eigenvalue weighted by atomic mass is 16.5. The van der Waals surface area contributed by atoms with Gasteiger partial charge in [0, 0.05) is 17.5 Å². The molecule has 2 rings (SSSR count). The minimum absolute atomic E-state index is 0.0354. The number of aliphatic carboxylic acids is 1. The van der Waals surface area contributed by atoms with Gasteiger partial charge in [-0.15, -0.1) is 0 Å². The third-order valence-electron chi connectivity index (χ3n) is 3.48. The summed E-state index contributed by atoms with van der Waals surface area (Å²) >= 11 is 0. The predicted molar refractivity (Wildman–Crippen MR) is 68.9 cm³/mol. The molecule has 1 aromatic carbocycles. The van der Waals surface area contributed by atoms with E-state index in [1.165, 1.54) is 20.3 Å². The van der Waals surface area contributed by atoms with Gasteiger partial charge in [-0.2, -0.15) is 0 Å². The molecule has 0 aliphatic heterocycles. The van der Waals surface area contributed by atoms with Crippen molar-refractivity contribution >= 4 is 5.97 Å². The van der Waals surface area contributed by atoms with Crippen LogP contribution in [0.5, 0.6) is 17.2 Å². The molecular weight excluding hydrogens is 248 g/mol. The van der Waals surface area contributed by atoms with Gasteiger partial charge in [0.2, 0.25) is 0 Å². The lowest BCUT2D eigenvalue weighted by Gasteiger charge is -2.20. The molecule has 2 N–H and O–H groups in total. The molecule has 104 valence electrons. The topological polar surface area (TPSA) is 76.0 Å². The van der Waals surface area contributed by atoms with Gasteiger partial charge in [0.1, 0.15) is 5.75 Å². The Kier molecular flexibility index (Phi) is 3.83. The zero-order valence-corrected chi connectivity index (χ0v) is 11.0. The highest BCUT2D eigenvalue weighted by molar-refractivity contribution is 5.69. The van der Waals surface area contributed by atoms with Crippen LogP contribution in [-0.4, -0.2) is 30.4 Å². The van der Waals surface area contributed by atoms with Crippen LogP contribution < -0.4 is 9.47 Å². The standard InChI is InChI=1S/C14H18O5/c1-18-12-6-9(15)5-11(14(12)19-2)10(7-13(16)17)8-3-4-8/h5-6,8,10,15H,3-4,7H2,1-2H3,(H,16,17). The minimum Gasteiger partial charge on any atom is -0.508 e. The van der Waals surface area contributed by atoms with Gasteiger partial charge in [-0.3, -0.25) is 4.79 Å². The fraction of sp³-hybridized carbons (Fsp3) is 0.500. The number of carboxylic acids is 1. The average Bonchev–Trinajstić information content (AvgIpc) is 3.18. The minimum atomic E-state index is -0.846. The molecule has 19 heavy (non-hydrogen) atoms. The van der Waals surface area contributed by atoms with Gasteiger partial charge >= 0.3 is 5.97 Å². The van der Waals surface area contributed by atoms with Gasteiger partial charge < -0.3 is 19.7 Å². The molecule has 5 nitrogen and oxygen atoms in total. The zero-order chi connectivity index (χ0) is 14.0. The number of hydrogen-bond donors (Lipinski definition) is 2. The maximum absolute atomic E-state index is 11.0. The molecule has 1 unspecified atom stereocenters. The summed E-state index contributed by atoms with van der Waals surface area (Å²) in [6.07, 6.45) is 2.06. The summed E-state index contributed by atoms with van der Waals surface area (Å²) in [5, 5.41) is 18.8. The molecule has 0 spiro atoms. The van der Waals surface area contributed by atoms with E-state index in [1.807, 2.05) is 0 Å². The van der Waals surface area contributed by atoms with E-state index in [-0.39, 0.29) is 18.1 Å². The van der Waals surface area contributed by atoms with Crippen LogP contribution in [0.2, 0.25) is 0 Å². The lowest BCUT2D eigenvalue weighted by Crippen LogP contribution is -2.10. The van der Waals surface area contributed by atoms with Crippen molar-refractivity contribution in [2.24, 2.45) is 5.92 Å². The summed E-state index contributed by atoms with van der Waals surface area (Å²) in [7, 11) is 3.01. The average molecular weight is 266 g/mol. The maximum Gasteiger partial charge on any atom is 0.303 e. The molecule has 0 heterocycles. The number of carbonyl (C=O) groups is 1. The number of hydrogen-bond acceptors (Lipinski definition) is 4. The van der Waals surface area contributed by atoms with E-state index in [1.54, 1.807) is 6.07 Å². The monoisotopic (exact) mass is 266 g/mol. The number of benzene rings is 1. The van der Waals surface area contributed by atoms with Crippen molar-refractivity contribution in [3.63, 3.8) is 0 Å². The van der Waals surface area contributed by atoms with Crippen molar-refractivity contribution in [2.45, 2.75) is 25.2 Å². The lowest BCUT2D eigenvalue weighted by molar-refractivity contribution is -0.137. The molecule has 0 aromatic heterocycles. The molecule has 0 radical (unpaired) electrons. The normalized spacial score (nSPS) is 15.9. The highest BCUT2D eigenvalue weighted by Crippen LogP contribution is 2.50. The van der Waals surface area contributed by atoms with E-state index >= 15 is 0 Å². The smallest absolute Gasteiger partial charge is 0.303 e. The fourth-order valence-corrected chi connectivity index (χ4v) is 2.47. The number of phenols is 1. The Balaban J connectivity index is 2.45. The number of carboxylic acid groups (broad SMARTS) is 1. The second kappa shape index (κ2) is 5.38. The number of phenolic OH excluding ortho intramolecular Hbond substituents is 1. The van der Waals surface area contributed by atoms with Crippen molar-refractivity contribution in [1.82, 2.24) is 0 Å². The van der Waals surface area contributed by atoms with Crippen LogP contribution in [0.15, 0.2) is 12.1 Å². The molecule has 1 aromatic rings. The van der Waals surface area contributed by atoms with E-state index in [4.69, 9.17) is 14.6 Å². The second-order valence-corrected chi connectivity index (χ2v) is 4.81. The Hall–Kier alpha value is -1.91. The van der Waals surface area contributed by atoms with Crippen LogP contribution in [0.4, 0.5) is 0 Å². The number of aromatic hydroxyl groups is 1. The van der Waals surface area contributed by atoms with Crippen LogP contribution in [-0.2, 0) is 4.79 Å². The Morgan fingerprint density at radius 3 is 2.53 bits per heavy atom. The third-order valence-corrected chi connectivity index (χ3v) is 3.48. The van der Waals surface area contributed by atoms with Crippen molar-refractivity contribution in [1.29, 1.82) is 0 Å². The molecule has 1 aliphatic carbocycles. The largest absolute Gasteiger partial charge is 0.508 e. The molecule has 0 bridgehead atoms. The van der Waals surface area contributed by atoms with Crippen LogP contribution in [0, 0.1) is 5.92 Å². The van der Waals surface area contributed by atoms with Gasteiger partial charge in [-0.1, -0.05) is 0 Å². The predicted octanol–water partition coefficient (Wildman–Crippen LogP) is 2.38. The molecule has 1 aliphatic rings. The van der Waals surface area contributed by atoms with E-state index in [0.717, 1.165) is 12.8 Å². The van der Waals surface area contributed by atoms with Crippen molar-refractivity contribution in [3.05, 3.63) is 17.7 Å². The Bertz CT molecular complexity index is 479. The van der Waals surface area contributed by atoms with Crippen molar-refractivity contribution in [3.8, 4) is 17.2 Å². The number of ether oxygens (including phenoxy) is 2. The maximum atomic E-state index is 11.0. The number of methoxy groups -OCH3 is 2. The summed E-state index contributed by atoms with van der Waals surface area (Å²) in [5.41, 5.74) is 0.712. The Morgan fingerprint density at radius 2 is 2.05 bits per heavy atom. The highest BCUT2D eigenvalue weighted by Gasteiger charge is 2.36. The van der Waals surface area contributed by atoms with E-state index in [0.29, 0.717) is 23.0 Å². The quantitative estimate of drug-likeness (QED) is 0.826. The Labute approximate surface area is 111 Å². The first-order valence-corrected chi connectivity index (χ1v) is 6.23. The Morgan fingerprint density at radius 1 is 1.37 bits per heavy atom. The molecule has 1 atom stereocenters. The van der Waals surface area contributed by atoms with Crippen LogP contribution >= 0.6 is 0 Å². The van der Waals surface area contributed by atoms with Crippen molar-refractivity contribution in [2.75, 3.05) is 14.2 Å². The molecule has 0 saturated heterocycles. The van der Waals surface area contributed by atoms with Crippen molar-refractivity contribution < 1.29 is 24.5 Å². The van der Waals surface area contributed by atoms with Gasteiger partial charge in [0.15, 0.2) is 11.5 Å². The van der Waals surface area contributed by atoms with Crippen LogP contribution in [0.25, 0.3) is 0 Å². The summed E-state index contributed by atoms with van der Waals surface area (Å²) in [5.74, 6) is 0.349. The molecule has 1 saturated carbocycles. The van der Waals surface area contributed by atoms with Gasteiger partial charge in [-0.05, 0) is 24.8 Å². The van der Waals surface area contributed by atoms with Crippen LogP contribution in [0.1, 0.15) is 30.7 Å². The summed E-state index contributed by atoms with van der Waals surface area (Å²) in [6, 6.07) is 3.04. The van der Waals surface area contributed by atoms with Gasteiger partial charge in [0.25, 0.3) is 0 Å². The first-order valence-electron chi connectivity index (χ1n) is 6.23. The van der Waals surface area contributed by atoms with Gasteiger partial charge in [0.05, 0.1) is 20.6 Å². The fourth-order valence-electron chi connectivity index (χ4n) is 2.47. The van der Waals surface area contributed by atoms with E-state index < -0.39 is 5.97 Å². The van der Waals surface area contributed by atoms with Crippen LogP contribution in [0.3, 0.4) is 0 Å². The van der Waals surface area contributed by atoms with Gasteiger partial charge in [-0.25, -0.2) is 0 Å². The molecule has 1 fully saturated rings. The first-order chi connectivity index (χ1) is 9.06. The zero-order valence-electron chi connectivity index (χ0n) is 11.0. The summed E-state index contributed by atoms with van der Waals surface area (Å²) in [4.78, 5) is 11.0. The third kappa shape index (κ3) is 2.92. The SMILES string of the molecule is COc1cc(O)cc(C(CC(=O)O)C2CC2)c1OC. The first kappa shape index (κ1) is 13.5. The molecule has 5 heteroatoms.